The van der Waals surface area contributed by atoms with Gasteiger partial charge in [0.05, 0.1) is 13.2 Å². The zero-order chi connectivity index (χ0) is 12.9. The van der Waals surface area contributed by atoms with E-state index in [0.29, 0.717) is 13.2 Å². The van der Waals surface area contributed by atoms with Crippen molar-refractivity contribution in [3.8, 4) is 0 Å². The molecule has 0 atom stereocenters. The fourth-order valence-corrected chi connectivity index (χ4v) is 5.10. The summed E-state index contributed by atoms with van der Waals surface area (Å²) >= 11 is 1.19. The first-order valence-electron chi connectivity index (χ1n) is 5.66. The first-order valence-corrected chi connectivity index (χ1v) is 8.63. The van der Waals surface area contributed by atoms with Crippen molar-refractivity contribution >= 4 is 18.2 Å². The quantitative estimate of drug-likeness (QED) is 0.711. The molecule has 0 heterocycles. The Labute approximate surface area is 107 Å². The molecular formula is C12H19O3PS. The Morgan fingerprint density at radius 3 is 2.29 bits per heavy atom. The maximum atomic E-state index is 12.4. The molecule has 0 amide bonds. The number of benzene rings is 1. The molecule has 0 aromatic heterocycles. The normalized spacial score (nSPS) is 11.8. The molecular weight excluding hydrogens is 255 g/mol. The average Bonchev–Trinajstić information content (AvgIpc) is 2.24. The molecule has 0 unspecified atom stereocenters. The molecule has 0 N–H and O–H groups in total. The highest BCUT2D eigenvalue weighted by Gasteiger charge is 2.26. The zero-order valence-electron chi connectivity index (χ0n) is 10.7. The van der Waals surface area contributed by atoms with Crippen LogP contribution in [0.4, 0.5) is 0 Å². The van der Waals surface area contributed by atoms with E-state index in [9.17, 15) is 4.57 Å². The number of hydrogen-bond acceptors (Lipinski definition) is 4. The van der Waals surface area contributed by atoms with E-state index in [0.717, 1.165) is 16.0 Å². The molecule has 0 aliphatic heterocycles. The van der Waals surface area contributed by atoms with Crippen molar-refractivity contribution in [2.24, 2.45) is 0 Å². The predicted octanol–water partition coefficient (Wildman–Crippen LogP) is 4.58. The zero-order valence-corrected chi connectivity index (χ0v) is 12.4. The minimum atomic E-state index is -3.07. The van der Waals surface area contributed by atoms with Gasteiger partial charge in [-0.2, -0.15) is 0 Å². The highest BCUT2D eigenvalue weighted by atomic mass is 32.7. The lowest BCUT2D eigenvalue weighted by Gasteiger charge is -2.17. The largest absolute Gasteiger partial charge is 0.393 e. The van der Waals surface area contributed by atoms with Crippen molar-refractivity contribution in [3.05, 3.63) is 29.3 Å². The summed E-state index contributed by atoms with van der Waals surface area (Å²) in [7, 11) is 0. The highest BCUT2D eigenvalue weighted by molar-refractivity contribution is 8.55. The van der Waals surface area contributed by atoms with Gasteiger partial charge in [0, 0.05) is 4.90 Å². The minimum absolute atomic E-state index is 0.384. The molecule has 1 aromatic rings. The second-order valence-electron chi connectivity index (χ2n) is 3.64. The van der Waals surface area contributed by atoms with Crippen LogP contribution in [0.2, 0.25) is 0 Å². The molecule has 0 fully saturated rings. The van der Waals surface area contributed by atoms with E-state index in [4.69, 9.17) is 9.05 Å². The first-order chi connectivity index (χ1) is 8.00. The van der Waals surface area contributed by atoms with Crippen LogP contribution in [0.5, 0.6) is 0 Å². The molecule has 96 valence electrons. The van der Waals surface area contributed by atoms with Gasteiger partial charge in [-0.05, 0) is 56.3 Å². The summed E-state index contributed by atoms with van der Waals surface area (Å²) in [6.07, 6.45) is 0. The summed E-state index contributed by atoms with van der Waals surface area (Å²) in [4.78, 5) is 0.954. The monoisotopic (exact) mass is 274 g/mol. The topological polar surface area (TPSA) is 35.5 Å². The summed E-state index contributed by atoms with van der Waals surface area (Å²) in [6, 6.07) is 6.05. The van der Waals surface area contributed by atoms with Gasteiger partial charge in [0.1, 0.15) is 0 Å². The molecule has 0 bridgehead atoms. The third kappa shape index (κ3) is 4.47. The standard InChI is InChI=1S/C12H19O3PS/c1-5-14-16(13,15-6-2)17-12-9-10(3)7-8-11(12)4/h7-9H,5-6H2,1-4H3. The SMILES string of the molecule is CCOP(=O)(OCC)Sc1cc(C)ccc1C. The molecule has 17 heavy (non-hydrogen) atoms. The second-order valence-corrected chi connectivity index (χ2v) is 7.57. The number of rotatable bonds is 6. The Bertz CT molecular complexity index is 410. The van der Waals surface area contributed by atoms with Crippen molar-refractivity contribution in [1.82, 2.24) is 0 Å². The summed E-state index contributed by atoms with van der Waals surface area (Å²) in [6.45, 7) is 5.33. The van der Waals surface area contributed by atoms with Crippen LogP contribution in [-0.2, 0) is 13.6 Å². The fourth-order valence-electron chi connectivity index (χ4n) is 1.33. The maximum absolute atomic E-state index is 12.4. The third-order valence-electron chi connectivity index (χ3n) is 2.13. The van der Waals surface area contributed by atoms with Gasteiger partial charge in [-0.3, -0.25) is 0 Å². The molecule has 0 radical (unpaired) electrons. The molecule has 0 aliphatic carbocycles. The van der Waals surface area contributed by atoms with Crippen LogP contribution in [0.3, 0.4) is 0 Å². The predicted molar refractivity (Wildman–Crippen MR) is 72.6 cm³/mol. The van der Waals surface area contributed by atoms with E-state index >= 15 is 0 Å². The summed E-state index contributed by atoms with van der Waals surface area (Å²) in [5.41, 5.74) is 2.22. The number of aryl methyl sites for hydroxylation is 2. The lowest BCUT2D eigenvalue weighted by Crippen LogP contribution is -1.93. The van der Waals surface area contributed by atoms with Crippen LogP contribution >= 0.6 is 18.2 Å². The third-order valence-corrected chi connectivity index (χ3v) is 6.03. The van der Waals surface area contributed by atoms with E-state index in [2.05, 4.69) is 0 Å². The maximum Gasteiger partial charge on any atom is 0.393 e. The molecule has 0 saturated carbocycles. The highest BCUT2D eigenvalue weighted by Crippen LogP contribution is 2.64. The Balaban J connectivity index is 2.93. The van der Waals surface area contributed by atoms with Crippen molar-refractivity contribution in [2.45, 2.75) is 32.6 Å². The summed E-state index contributed by atoms with van der Waals surface area (Å²) in [5.74, 6) is 0. The Morgan fingerprint density at radius 1 is 1.18 bits per heavy atom. The van der Waals surface area contributed by atoms with Crippen LogP contribution in [-0.4, -0.2) is 13.2 Å². The van der Waals surface area contributed by atoms with Gasteiger partial charge in [-0.25, -0.2) is 4.57 Å². The fraction of sp³-hybridized carbons (Fsp3) is 0.500. The van der Waals surface area contributed by atoms with E-state index in [1.807, 2.05) is 45.9 Å². The van der Waals surface area contributed by atoms with Gasteiger partial charge in [0.25, 0.3) is 0 Å². The first kappa shape index (κ1) is 14.8. The number of hydrogen-bond donors (Lipinski definition) is 0. The lowest BCUT2D eigenvalue weighted by molar-refractivity contribution is 0.237. The van der Waals surface area contributed by atoms with Gasteiger partial charge in [0.15, 0.2) is 0 Å². The minimum Gasteiger partial charge on any atom is -0.301 e. The van der Waals surface area contributed by atoms with Crippen LogP contribution in [0, 0.1) is 13.8 Å². The van der Waals surface area contributed by atoms with E-state index < -0.39 is 6.80 Å². The molecule has 0 spiro atoms. The Hall–Kier alpha value is -0.280. The van der Waals surface area contributed by atoms with E-state index in [1.165, 1.54) is 11.4 Å². The molecule has 3 nitrogen and oxygen atoms in total. The van der Waals surface area contributed by atoms with E-state index in [1.54, 1.807) is 0 Å². The smallest absolute Gasteiger partial charge is 0.301 e. The van der Waals surface area contributed by atoms with Crippen LogP contribution < -0.4 is 0 Å². The molecule has 1 rings (SSSR count). The molecule has 0 aliphatic rings. The van der Waals surface area contributed by atoms with Crippen LogP contribution in [0.1, 0.15) is 25.0 Å². The second kappa shape index (κ2) is 6.60. The van der Waals surface area contributed by atoms with Crippen molar-refractivity contribution < 1.29 is 13.6 Å². The molecule has 0 saturated heterocycles. The lowest BCUT2D eigenvalue weighted by atomic mass is 10.2. The van der Waals surface area contributed by atoms with Crippen molar-refractivity contribution in [1.29, 1.82) is 0 Å². The Morgan fingerprint density at radius 2 is 1.76 bits per heavy atom. The van der Waals surface area contributed by atoms with Crippen molar-refractivity contribution in [3.63, 3.8) is 0 Å². The summed E-state index contributed by atoms with van der Waals surface area (Å²) < 4.78 is 22.9. The molecule has 5 heteroatoms. The van der Waals surface area contributed by atoms with Gasteiger partial charge < -0.3 is 9.05 Å². The molecule has 1 aromatic carbocycles. The van der Waals surface area contributed by atoms with Crippen molar-refractivity contribution in [2.75, 3.05) is 13.2 Å². The summed E-state index contributed by atoms with van der Waals surface area (Å²) in [5, 5.41) is 0. The van der Waals surface area contributed by atoms with Gasteiger partial charge in [-0.15, -0.1) is 0 Å². The van der Waals surface area contributed by atoms with Gasteiger partial charge >= 0.3 is 6.80 Å². The van der Waals surface area contributed by atoms with Crippen LogP contribution in [0.25, 0.3) is 0 Å². The van der Waals surface area contributed by atoms with Crippen LogP contribution in [0.15, 0.2) is 23.1 Å². The van der Waals surface area contributed by atoms with E-state index in [-0.39, 0.29) is 0 Å². The van der Waals surface area contributed by atoms with Gasteiger partial charge in [0.2, 0.25) is 0 Å². The van der Waals surface area contributed by atoms with Gasteiger partial charge in [-0.1, -0.05) is 12.1 Å². The Kier molecular flexibility index (Phi) is 5.74. The average molecular weight is 274 g/mol.